The van der Waals surface area contributed by atoms with E-state index in [1.165, 1.54) is 0 Å². The molecule has 0 aromatic rings. The lowest BCUT2D eigenvalue weighted by Crippen LogP contribution is -1.71. The fourth-order valence-corrected chi connectivity index (χ4v) is 0.601. The zero-order valence-corrected chi connectivity index (χ0v) is 4.42. The van der Waals surface area contributed by atoms with E-state index >= 15 is 0 Å². The topological polar surface area (TPSA) is 71.4 Å². The molecule has 1 aliphatic rings. The number of allylic oxidation sites excluding steroid dienone is 2. The van der Waals surface area contributed by atoms with Crippen molar-refractivity contribution in [1.82, 2.24) is 0 Å². The second-order valence-corrected chi connectivity index (χ2v) is 1.61. The fourth-order valence-electron chi connectivity index (χ4n) is 0.601. The minimum Gasteiger partial charge on any atom is -0.197 e. The van der Waals surface area contributed by atoms with Gasteiger partial charge in [-0.3, -0.25) is 0 Å². The molecule has 0 fully saturated rings. The Morgan fingerprint density at radius 3 is 1.56 bits per heavy atom. The van der Waals surface area contributed by atoms with Gasteiger partial charge in [-0.1, -0.05) is 0 Å². The number of nitrogens with zero attached hydrogens (tertiary/aromatic N) is 3. The highest BCUT2D eigenvalue weighted by molar-refractivity contribution is 5.61. The van der Waals surface area contributed by atoms with Crippen LogP contribution in [0.2, 0.25) is 0 Å². The molecule has 9 heavy (non-hydrogen) atoms. The molecule has 1 rings (SSSR count). The smallest absolute Gasteiger partial charge is 0.118 e. The molecule has 1 aliphatic carbocycles. The maximum absolute atomic E-state index is 8.22. The Morgan fingerprint density at radius 1 is 1.00 bits per heavy atom. The number of hydrogen-bond donors (Lipinski definition) is 0. The maximum Gasteiger partial charge on any atom is 0.118 e. The maximum atomic E-state index is 8.22. The first kappa shape index (κ1) is 5.35. The molecular formula is C6HN3. The van der Waals surface area contributed by atoms with Crippen molar-refractivity contribution in [2.45, 2.75) is 0 Å². The van der Waals surface area contributed by atoms with Gasteiger partial charge in [0.1, 0.15) is 5.92 Å². The Labute approximate surface area is 52.0 Å². The Balaban J connectivity index is 2.82. The van der Waals surface area contributed by atoms with Crippen LogP contribution in [-0.2, 0) is 0 Å². The molecule has 0 aromatic carbocycles. The van der Waals surface area contributed by atoms with Gasteiger partial charge in [-0.25, -0.2) is 0 Å². The Hall–Kier alpha value is -1.79. The highest BCUT2D eigenvalue weighted by atomic mass is 14.4. The van der Waals surface area contributed by atoms with Crippen LogP contribution in [0.5, 0.6) is 0 Å². The van der Waals surface area contributed by atoms with Crippen molar-refractivity contribution in [3.63, 3.8) is 0 Å². The van der Waals surface area contributed by atoms with Crippen LogP contribution >= 0.6 is 0 Å². The third kappa shape index (κ3) is 0.545. The summed E-state index contributed by atoms with van der Waals surface area (Å²) in [6.45, 7) is 0. The second kappa shape index (κ2) is 1.62. The van der Waals surface area contributed by atoms with E-state index in [2.05, 4.69) is 0 Å². The molecule has 0 saturated carbocycles. The molecule has 0 amide bonds. The van der Waals surface area contributed by atoms with E-state index in [4.69, 9.17) is 15.8 Å². The van der Waals surface area contributed by atoms with E-state index in [0.717, 1.165) is 0 Å². The number of nitriles is 3. The Kier molecular flexibility index (Phi) is 0.961. The van der Waals surface area contributed by atoms with Gasteiger partial charge in [0.2, 0.25) is 0 Å². The average molecular weight is 115 g/mol. The van der Waals surface area contributed by atoms with Crippen LogP contribution in [-0.4, -0.2) is 0 Å². The zero-order valence-electron chi connectivity index (χ0n) is 4.42. The second-order valence-electron chi connectivity index (χ2n) is 1.61. The van der Waals surface area contributed by atoms with Gasteiger partial charge in [-0.15, -0.1) is 0 Å². The van der Waals surface area contributed by atoms with Crippen LogP contribution in [0.3, 0.4) is 0 Å². The lowest BCUT2D eigenvalue weighted by Gasteiger charge is -1.66. The van der Waals surface area contributed by atoms with Crippen LogP contribution in [0.4, 0.5) is 0 Å². The summed E-state index contributed by atoms with van der Waals surface area (Å²) in [6.07, 6.45) is 0. The van der Waals surface area contributed by atoms with E-state index in [0.29, 0.717) is 11.1 Å². The molecule has 0 N–H and O–H groups in total. The van der Waals surface area contributed by atoms with Gasteiger partial charge >= 0.3 is 0 Å². The summed E-state index contributed by atoms with van der Waals surface area (Å²) in [5.41, 5.74) is 0.667. The largest absolute Gasteiger partial charge is 0.197 e. The highest BCUT2D eigenvalue weighted by Crippen LogP contribution is 2.36. The summed E-state index contributed by atoms with van der Waals surface area (Å²) in [6, 6.07) is 5.37. The third-order valence-corrected chi connectivity index (χ3v) is 1.15. The summed E-state index contributed by atoms with van der Waals surface area (Å²) >= 11 is 0. The van der Waals surface area contributed by atoms with Gasteiger partial charge in [0.05, 0.1) is 29.4 Å². The summed E-state index contributed by atoms with van der Waals surface area (Å²) in [7, 11) is 0. The molecule has 0 unspecified atom stereocenters. The summed E-state index contributed by atoms with van der Waals surface area (Å²) < 4.78 is 0. The van der Waals surface area contributed by atoms with Gasteiger partial charge in [0.25, 0.3) is 0 Å². The van der Waals surface area contributed by atoms with Crippen molar-refractivity contribution in [3.8, 4) is 18.2 Å². The van der Waals surface area contributed by atoms with Gasteiger partial charge in [0, 0.05) is 0 Å². The van der Waals surface area contributed by atoms with Crippen LogP contribution in [0.15, 0.2) is 11.1 Å². The predicted octanol–water partition coefficient (Wildman–Crippen LogP) is 0.484. The molecule has 0 heterocycles. The molecule has 0 aromatic heterocycles. The van der Waals surface area contributed by atoms with E-state index < -0.39 is 5.92 Å². The van der Waals surface area contributed by atoms with E-state index in [-0.39, 0.29) is 0 Å². The number of hydrogen-bond acceptors (Lipinski definition) is 3. The van der Waals surface area contributed by atoms with Crippen LogP contribution in [0.1, 0.15) is 0 Å². The third-order valence-electron chi connectivity index (χ3n) is 1.15. The molecule has 0 bridgehead atoms. The molecule has 0 radical (unpaired) electrons. The van der Waals surface area contributed by atoms with Gasteiger partial charge in [0.15, 0.2) is 0 Å². The predicted molar refractivity (Wildman–Crippen MR) is 27.4 cm³/mol. The summed E-state index contributed by atoms with van der Waals surface area (Å²) in [4.78, 5) is 0. The lowest BCUT2D eigenvalue weighted by atomic mass is 10.3. The van der Waals surface area contributed by atoms with Crippen molar-refractivity contribution in [2.24, 2.45) is 5.92 Å². The molecule has 0 spiro atoms. The first-order chi connectivity index (χ1) is 4.35. The molecule has 0 aliphatic heterocycles. The van der Waals surface area contributed by atoms with Gasteiger partial charge in [-0.05, 0) is 0 Å². The highest BCUT2D eigenvalue weighted by Gasteiger charge is 2.37. The van der Waals surface area contributed by atoms with Crippen molar-refractivity contribution in [3.05, 3.63) is 11.1 Å². The van der Waals surface area contributed by atoms with Crippen molar-refractivity contribution in [1.29, 1.82) is 15.8 Å². The molecule has 0 atom stereocenters. The Bertz CT molecular complexity index is 268. The van der Waals surface area contributed by atoms with Crippen LogP contribution < -0.4 is 0 Å². The van der Waals surface area contributed by atoms with Crippen molar-refractivity contribution in [2.75, 3.05) is 0 Å². The minimum absolute atomic E-state index is 0.333. The first-order valence-electron chi connectivity index (χ1n) is 2.29. The molecule has 3 nitrogen and oxygen atoms in total. The van der Waals surface area contributed by atoms with Crippen molar-refractivity contribution >= 4 is 0 Å². The molecule has 3 heteroatoms. The SMILES string of the molecule is N#CC1=C(C#N)C1C#N. The fraction of sp³-hybridized carbons (Fsp3) is 0.167. The Morgan fingerprint density at radius 2 is 1.44 bits per heavy atom. The minimum atomic E-state index is -0.486. The molecule has 0 saturated heterocycles. The molecular weight excluding hydrogens is 114 g/mol. The molecule has 40 valence electrons. The first-order valence-corrected chi connectivity index (χ1v) is 2.29. The number of rotatable bonds is 0. The zero-order chi connectivity index (χ0) is 6.85. The average Bonchev–Trinajstić information content (AvgIpc) is 2.59. The monoisotopic (exact) mass is 115 g/mol. The van der Waals surface area contributed by atoms with Gasteiger partial charge < -0.3 is 0 Å². The standard InChI is InChI=1S/C6HN3/c7-1-4-5(2-8)6(4)3-9/h4H. The van der Waals surface area contributed by atoms with E-state index in [9.17, 15) is 0 Å². The summed E-state index contributed by atoms with van der Waals surface area (Å²) in [5, 5.41) is 24.6. The normalized spacial score (nSPS) is 15.7. The quantitative estimate of drug-likeness (QED) is 0.461. The summed E-state index contributed by atoms with van der Waals surface area (Å²) in [5.74, 6) is -0.486. The van der Waals surface area contributed by atoms with Gasteiger partial charge in [-0.2, -0.15) is 15.8 Å². The van der Waals surface area contributed by atoms with E-state index in [1.807, 2.05) is 6.07 Å². The van der Waals surface area contributed by atoms with Crippen LogP contribution in [0, 0.1) is 39.9 Å². The van der Waals surface area contributed by atoms with E-state index in [1.54, 1.807) is 12.1 Å². The van der Waals surface area contributed by atoms with Crippen molar-refractivity contribution < 1.29 is 0 Å². The lowest BCUT2D eigenvalue weighted by molar-refractivity contribution is 1.18. The van der Waals surface area contributed by atoms with Crippen LogP contribution in [0.25, 0.3) is 0 Å².